The molecule has 0 heterocycles. The van der Waals surface area contributed by atoms with E-state index < -0.39 is 12.1 Å². The molecule has 0 aliphatic carbocycles. The van der Waals surface area contributed by atoms with E-state index >= 15 is 0 Å². The van der Waals surface area contributed by atoms with Crippen LogP contribution in [-0.2, 0) is 4.79 Å². The maximum Gasteiger partial charge on any atom is 0.220 e. The SMILES string of the molecule is CCCCCCCCCCCCCCCCCCCCC/C=C/C(O)C(CO)NC(=O)CCCCCCCCCCCCCCCCCCCCCCCCCCCCCCCCCCCCCCCCCCC. The fraction of sp³-hybridized carbons (Fsp3) is 0.957. The Morgan fingerprint density at radius 3 is 0.703 bits per heavy atom. The van der Waals surface area contributed by atoms with Crippen molar-refractivity contribution < 1.29 is 15.0 Å². The number of amides is 1. The highest BCUT2D eigenvalue weighted by molar-refractivity contribution is 5.76. The first-order valence-corrected chi connectivity index (χ1v) is 34.9. The molecule has 442 valence electrons. The summed E-state index contributed by atoms with van der Waals surface area (Å²) in [6, 6.07) is -0.619. The number of aliphatic hydroxyl groups is 2. The van der Waals surface area contributed by atoms with Gasteiger partial charge in [-0.25, -0.2) is 0 Å². The molecule has 0 aromatic heterocycles. The summed E-state index contributed by atoms with van der Waals surface area (Å²) in [4.78, 5) is 12.5. The molecule has 0 aromatic carbocycles. The first-order chi connectivity index (χ1) is 36.7. The van der Waals surface area contributed by atoms with Crippen LogP contribution in [0.4, 0.5) is 0 Å². The van der Waals surface area contributed by atoms with Crippen LogP contribution in [-0.4, -0.2) is 34.9 Å². The van der Waals surface area contributed by atoms with Gasteiger partial charge in [0.2, 0.25) is 5.91 Å². The lowest BCUT2D eigenvalue weighted by Crippen LogP contribution is -2.45. The summed E-state index contributed by atoms with van der Waals surface area (Å²) in [6.45, 7) is 4.36. The average molecular weight is 1040 g/mol. The molecule has 0 saturated carbocycles. The van der Waals surface area contributed by atoms with Gasteiger partial charge >= 0.3 is 0 Å². The molecule has 0 fully saturated rings. The van der Waals surface area contributed by atoms with Crippen molar-refractivity contribution in [3.05, 3.63) is 12.2 Å². The average Bonchev–Trinajstić information content (AvgIpc) is 3.40. The fourth-order valence-corrected chi connectivity index (χ4v) is 11.5. The maximum atomic E-state index is 12.5. The zero-order valence-corrected chi connectivity index (χ0v) is 51.2. The van der Waals surface area contributed by atoms with Gasteiger partial charge in [-0.2, -0.15) is 0 Å². The van der Waals surface area contributed by atoms with E-state index in [1.165, 1.54) is 366 Å². The summed E-state index contributed by atoms with van der Waals surface area (Å²) in [6.07, 6.45) is 88.9. The van der Waals surface area contributed by atoms with Crippen molar-refractivity contribution >= 4 is 5.91 Å². The van der Waals surface area contributed by atoms with Crippen LogP contribution in [0.3, 0.4) is 0 Å². The Balaban J connectivity index is 3.35. The van der Waals surface area contributed by atoms with Crippen molar-refractivity contribution in [3.63, 3.8) is 0 Å². The van der Waals surface area contributed by atoms with Gasteiger partial charge in [-0.3, -0.25) is 4.79 Å². The van der Waals surface area contributed by atoms with Gasteiger partial charge in [-0.05, 0) is 19.3 Å². The van der Waals surface area contributed by atoms with E-state index in [0.29, 0.717) is 6.42 Å². The third-order valence-electron chi connectivity index (χ3n) is 16.8. The number of hydrogen-bond donors (Lipinski definition) is 3. The van der Waals surface area contributed by atoms with E-state index in [4.69, 9.17) is 0 Å². The Kier molecular flexibility index (Phi) is 65.6. The Bertz CT molecular complexity index is 1040. The number of carbonyl (C=O) groups is 1. The summed E-state index contributed by atoms with van der Waals surface area (Å²) in [5.74, 6) is -0.0536. The fourth-order valence-electron chi connectivity index (χ4n) is 11.5. The van der Waals surface area contributed by atoms with E-state index in [9.17, 15) is 15.0 Å². The Morgan fingerprint density at radius 2 is 0.500 bits per heavy atom. The van der Waals surface area contributed by atoms with Crippen LogP contribution in [0, 0.1) is 0 Å². The van der Waals surface area contributed by atoms with Gasteiger partial charge in [-0.1, -0.05) is 398 Å². The number of nitrogens with one attached hydrogen (secondary N) is 1. The molecule has 0 bridgehead atoms. The minimum absolute atomic E-state index is 0.0536. The van der Waals surface area contributed by atoms with Crippen LogP contribution < -0.4 is 5.32 Å². The van der Waals surface area contributed by atoms with E-state index in [0.717, 1.165) is 25.7 Å². The Morgan fingerprint density at radius 1 is 0.311 bits per heavy atom. The molecule has 3 N–H and O–H groups in total. The van der Waals surface area contributed by atoms with Gasteiger partial charge in [0.05, 0.1) is 18.8 Å². The monoisotopic (exact) mass is 1040 g/mol. The third-order valence-corrected chi connectivity index (χ3v) is 16.8. The summed E-state index contributed by atoms with van der Waals surface area (Å²) >= 11 is 0. The highest BCUT2D eigenvalue weighted by atomic mass is 16.3. The molecule has 2 unspecified atom stereocenters. The van der Waals surface area contributed by atoms with Gasteiger partial charge in [-0.15, -0.1) is 0 Å². The molecule has 4 heteroatoms. The van der Waals surface area contributed by atoms with E-state index in [1.807, 2.05) is 6.08 Å². The standard InChI is InChI=1S/C70H139NO3/c1-3-5-7-9-11-13-15-17-19-21-23-25-26-27-28-29-30-31-32-33-34-35-36-37-38-39-40-41-42-43-44-46-48-50-52-54-56-58-60-62-64-66-70(74)71-68(67-72)69(73)65-63-61-59-57-55-53-51-49-47-45-24-22-20-18-16-14-12-10-8-6-4-2/h63,65,68-69,72-73H,3-62,64,66-67H2,1-2H3,(H,71,74)/b65-63+. The van der Waals surface area contributed by atoms with Crippen LogP contribution in [0.25, 0.3) is 0 Å². The topological polar surface area (TPSA) is 69.6 Å². The molecule has 0 saturated heterocycles. The minimum atomic E-state index is -0.836. The zero-order chi connectivity index (χ0) is 53.4. The first kappa shape index (κ1) is 73.1. The van der Waals surface area contributed by atoms with E-state index in [2.05, 4.69) is 19.2 Å². The molecule has 0 rings (SSSR count). The van der Waals surface area contributed by atoms with Gasteiger partial charge in [0.1, 0.15) is 0 Å². The second-order valence-electron chi connectivity index (χ2n) is 24.3. The molecular weight excluding hydrogens is 903 g/mol. The Hall–Kier alpha value is -0.870. The number of aliphatic hydroxyl groups excluding tert-OH is 2. The van der Waals surface area contributed by atoms with Crippen LogP contribution in [0.1, 0.15) is 412 Å². The van der Waals surface area contributed by atoms with Crippen LogP contribution in [0.5, 0.6) is 0 Å². The molecule has 0 aliphatic rings. The number of carbonyl (C=O) groups excluding carboxylic acids is 1. The molecule has 2 atom stereocenters. The normalized spacial score (nSPS) is 12.6. The second kappa shape index (κ2) is 66.4. The number of allylic oxidation sites excluding steroid dienone is 1. The molecule has 1 amide bonds. The van der Waals surface area contributed by atoms with Gasteiger partial charge < -0.3 is 15.5 Å². The van der Waals surface area contributed by atoms with Crippen LogP contribution >= 0.6 is 0 Å². The summed E-state index contributed by atoms with van der Waals surface area (Å²) in [7, 11) is 0. The quantitative estimate of drug-likeness (QED) is 0.0420. The lowest BCUT2D eigenvalue weighted by molar-refractivity contribution is -0.123. The number of unbranched alkanes of at least 4 members (excludes halogenated alkanes) is 59. The predicted octanol–water partition coefficient (Wildman–Crippen LogP) is 23.6. The van der Waals surface area contributed by atoms with Gasteiger partial charge in [0.15, 0.2) is 0 Å². The zero-order valence-electron chi connectivity index (χ0n) is 51.2. The summed E-state index contributed by atoms with van der Waals surface area (Å²) in [5.41, 5.74) is 0. The largest absolute Gasteiger partial charge is 0.394 e. The third kappa shape index (κ3) is 62.0. The van der Waals surface area contributed by atoms with Crippen LogP contribution in [0.2, 0.25) is 0 Å². The lowest BCUT2D eigenvalue weighted by Gasteiger charge is -2.20. The minimum Gasteiger partial charge on any atom is -0.394 e. The van der Waals surface area contributed by atoms with Crippen molar-refractivity contribution in [2.45, 2.75) is 424 Å². The molecule has 0 aromatic rings. The van der Waals surface area contributed by atoms with E-state index in [-0.39, 0.29) is 12.5 Å². The molecule has 0 aliphatic heterocycles. The van der Waals surface area contributed by atoms with Crippen molar-refractivity contribution in [1.29, 1.82) is 0 Å². The smallest absolute Gasteiger partial charge is 0.220 e. The van der Waals surface area contributed by atoms with Crippen LogP contribution in [0.15, 0.2) is 12.2 Å². The van der Waals surface area contributed by atoms with Gasteiger partial charge in [0.25, 0.3) is 0 Å². The first-order valence-electron chi connectivity index (χ1n) is 34.9. The van der Waals surface area contributed by atoms with Crippen molar-refractivity contribution in [1.82, 2.24) is 5.32 Å². The molecule has 0 radical (unpaired) electrons. The van der Waals surface area contributed by atoms with Gasteiger partial charge in [0, 0.05) is 6.42 Å². The molecule has 74 heavy (non-hydrogen) atoms. The molecule has 4 nitrogen and oxygen atoms in total. The maximum absolute atomic E-state index is 12.5. The number of rotatable bonds is 66. The lowest BCUT2D eigenvalue weighted by atomic mass is 10.0. The molecule has 0 spiro atoms. The predicted molar refractivity (Wildman–Crippen MR) is 332 cm³/mol. The number of hydrogen-bond acceptors (Lipinski definition) is 3. The highest BCUT2D eigenvalue weighted by Crippen LogP contribution is 2.20. The molecular formula is C70H139NO3. The second-order valence-corrected chi connectivity index (χ2v) is 24.3. The highest BCUT2D eigenvalue weighted by Gasteiger charge is 2.18. The Labute approximate surface area is 467 Å². The summed E-state index contributed by atoms with van der Waals surface area (Å²) in [5, 5.41) is 23.3. The van der Waals surface area contributed by atoms with Crippen molar-refractivity contribution in [2.24, 2.45) is 0 Å². The van der Waals surface area contributed by atoms with Crippen molar-refractivity contribution in [3.8, 4) is 0 Å². The van der Waals surface area contributed by atoms with E-state index in [1.54, 1.807) is 6.08 Å². The summed E-state index contributed by atoms with van der Waals surface area (Å²) < 4.78 is 0. The van der Waals surface area contributed by atoms with Crippen molar-refractivity contribution in [2.75, 3.05) is 6.61 Å².